The van der Waals surface area contributed by atoms with Gasteiger partial charge in [0.25, 0.3) is 0 Å². The van der Waals surface area contributed by atoms with Gasteiger partial charge in [-0.15, -0.1) is 10.2 Å². The number of Topliss-reactive ketones (excluding diaryl/α,β-unsaturated/α-hetero) is 1. The lowest BCUT2D eigenvalue weighted by molar-refractivity contribution is 0.102. The molecule has 0 N–H and O–H groups in total. The summed E-state index contributed by atoms with van der Waals surface area (Å²) in [7, 11) is 0. The van der Waals surface area contributed by atoms with Crippen LogP contribution in [0.15, 0.2) is 56.8 Å². The standard InChI is InChI=1S/C23H24N4O3S/c1-15-11-20(16(2)26(15)12-18-5-3-9-29-18)21(28)14-31-23-25-24-22(17-7-8-17)27(23)13-19-6-4-10-30-19/h3-6,9-11,17H,7-8,12-14H2,1-2H3. The van der Waals surface area contributed by atoms with E-state index in [9.17, 15) is 4.79 Å². The van der Waals surface area contributed by atoms with Crippen molar-refractivity contribution in [3.8, 4) is 0 Å². The minimum Gasteiger partial charge on any atom is -0.467 e. The monoisotopic (exact) mass is 436 g/mol. The Morgan fingerprint density at radius 2 is 1.74 bits per heavy atom. The Balaban J connectivity index is 1.32. The maximum Gasteiger partial charge on any atom is 0.192 e. The van der Waals surface area contributed by atoms with Gasteiger partial charge in [-0.3, -0.25) is 9.36 Å². The van der Waals surface area contributed by atoms with Crippen LogP contribution >= 0.6 is 11.8 Å². The molecule has 0 aliphatic heterocycles. The van der Waals surface area contributed by atoms with Crippen LogP contribution in [0.1, 0.15) is 57.9 Å². The molecule has 4 heterocycles. The summed E-state index contributed by atoms with van der Waals surface area (Å²) in [5, 5.41) is 9.55. The van der Waals surface area contributed by atoms with E-state index in [-0.39, 0.29) is 5.78 Å². The fraction of sp³-hybridized carbons (Fsp3) is 0.348. The lowest BCUT2D eigenvalue weighted by atomic mass is 10.2. The molecule has 1 aliphatic rings. The molecular formula is C23H24N4O3S. The van der Waals surface area contributed by atoms with Crippen molar-refractivity contribution in [2.45, 2.75) is 50.9 Å². The van der Waals surface area contributed by atoms with Crippen molar-refractivity contribution >= 4 is 17.5 Å². The zero-order valence-corrected chi connectivity index (χ0v) is 18.4. The zero-order valence-electron chi connectivity index (χ0n) is 17.6. The molecule has 4 aromatic heterocycles. The number of ketones is 1. The predicted molar refractivity (Wildman–Crippen MR) is 117 cm³/mol. The Hall–Kier alpha value is -3.00. The molecule has 0 atom stereocenters. The van der Waals surface area contributed by atoms with E-state index in [0.29, 0.717) is 24.8 Å². The van der Waals surface area contributed by atoms with Crippen LogP contribution in [-0.4, -0.2) is 30.9 Å². The third-order valence-electron chi connectivity index (χ3n) is 5.68. The fourth-order valence-corrected chi connectivity index (χ4v) is 4.68. The molecular weight excluding hydrogens is 412 g/mol. The number of hydrogen-bond donors (Lipinski definition) is 0. The van der Waals surface area contributed by atoms with Crippen LogP contribution < -0.4 is 0 Å². The molecule has 1 saturated carbocycles. The number of furan rings is 2. The maximum absolute atomic E-state index is 13.1. The molecule has 7 nitrogen and oxygen atoms in total. The Labute approximate surface area is 184 Å². The molecule has 0 radical (unpaired) electrons. The first-order chi connectivity index (χ1) is 15.1. The Morgan fingerprint density at radius 3 is 2.35 bits per heavy atom. The van der Waals surface area contributed by atoms with Gasteiger partial charge in [0.1, 0.15) is 17.3 Å². The number of nitrogens with zero attached hydrogens (tertiary/aromatic N) is 4. The van der Waals surface area contributed by atoms with Crippen LogP contribution in [0.25, 0.3) is 0 Å². The second kappa shape index (κ2) is 8.26. The lowest BCUT2D eigenvalue weighted by Gasteiger charge is -2.09. The smallest absolute Gasteiger partial charge is 0.192 e. The van der Waals surface area contributed by atoms with Crippen molar-refractivity contribution in [1.29, 1.82) is 0 Å². The molecule has 0 unspecified atom stereocenters. The Morgan fingerprint density at radius 1 is 1.06 bits per heavy atom. The van der Waals surface area contributed by atoms with Crippen molar-refractivity contribution < 1.29 is 13.6 Å². The van der Waals surface area contributed by atoms with Crippen LogP contribution in [0.5, 0.6) is 0 Å². The maximum atomic E-state index is 13.1. The van der Waals surface area contributed by atoms with Crippen molar-refractivity contribution in [1.82, 2.24) is 19.3 Å². The summed E-state index contributed by atoms with van der Waals surface area (Å²) in [6, 6.07) is 9.61. The number of thioether (sulfide) groups is 1. The fourth-order valence-electron chi connectivity index (χ4n) is 3.85. The number of aromatic nitrogens is 4. The van der Waals surface area contributed by atoms with E-state index >= 15 is 0 Å². The van der Waals surface area contributed by atoms with Gasteiger partial charge in [0.05, 0.1) is 31.4 Å². The van der Waals surface area contributed by atoms with Gasteiger partial charge in [0.15, 0.2) is 10.9 Å². The van der Waals surface area contributed by atoms with E-state index in [0.717, 1.165) is 52.3 Å². The van der Waals surface area contributed by atoms with Crippen molar-refractivity contribution in [2.75, 3.05) is 5.75 Å². The molecule has 31 heavy (non-hydrogen) atoms. The highest BCUT2D eigenvalue weighted by Crippen LogP contribution is 2.40. The third kappa shape index (κ3) is 4.12. The summed E-state index contributed by atoms with van der Waals surface area (Å²) >= 11 is 1.44. The van der Waals surface area contributed by atoms with E-state index in [1.54, 1.807) is 12.5 Å². The molecule has 0 spiro atoms. The molecule has 1 fully saturated rings. The van der Waals surface area contributed by atoms with E-state index in [4.69, 9.17) is 8.83 Å². The highest BCUT2D eigenvalue weighted by Gasteiger charge is 2.31. The van der Waals surface area contributed by atoms with E-state index in [2.05, 4.69) is 19.3 Å². The minimum atomic E-state index is 0.0873. The number of carbonyl (C=O) groups is 1. The summed E-state index contributed by atoms with van der Waals surface area (Å²) in [6.07, 6.45) is 5.62. The van der Waals surface area contributed by atoms with Crippen molar-refractivity contribution in [2.24, 2.45) is 0 Å². The minimum absolute atomic E-state index is 0.0873. The summed E-state index contributed by atoms with van der Waals surface area (Å²) in [5.74, 6) is 3.58. The van der Waals surface area contributed by atoms with Gasteiger partial charge in [0, 0.05) is 22.9 Å². The average molecular weight is 437 g/mol. The van der Waals surface area contributed by atoms with Crippen LogP contribution in [-0.2, 0) is 13.1 Å². The molecule has 1 aliphatic carbocycles. The topological polar surface area (TPSA) is 79.0 Å². The van der Waals surface area contributed by atoms with Crippen LogP contribution in [0.3, 0.4) is 0 Å². The second-order valence-electron chi connectivity index (χ2n) is 7.94. The largest absolute Gasteiger partial charge is 0.467 e. The summed E-state index contributed by atoms with van der Waals surface area (Å²) < 4.78 is 15.2. The number of rotatable bonds is 9. The first kappa shape index (κ1) is 19.9. The highest BCUT2D eigenvalue weighted by molar-refractivity contribution is 7.99. The summed E-state index contributed by atoms with van der Waals surface area (Å²) in [5.41, 5.74) is 2.74. The molecule has 4 aromatic rings. The van der Waals surface area contributed by atoms with Gasteiger partial charge in [-0.2, -0.15) is 0 Å². The molecule has 8 heteroatoms. The van der Waals surface area contributed by atoms with Crippen LogP contribution in [0, 0.1) is 13.8 Å². The Kier molecular flexibility index (Phi) is 5.31. The van der Waals surface area contributed by atoms with Crippen LogP contribution in [0.2, 0.25) is 0 Å². The van der Waals surface area contributed by atoms with Crippen molar-refractivity contribution in [3.63, 3.8) is 0 Å². The molecule has 0 saturated heterocycles. The predicted octanol–water partition coefficient (Wildman–Crippen LogP) is 4.83. The van der Waals surface area contributed by atoms with E-state index in [1.165, 1.54) is 11.8 Å². The normalized spacial score (nSPS) is 13.7. The number of hydrogen-bond acceptors (Lipinski definition) is 6. The van der Waals surface area contributed by atoms with Gasteiger partial charge < -0.3 is 13.4 Å². The first-order valence-corrected chi connectivity index (χ1v) is 11.4. The van der Waals surface area contributed by atoms with E-state index in [1.807, 2.05) is 44.2 Å². The van der Waals surface area contributed by atoms with Gasteiger partial charge in [0.2, 0.25) is 0 Å². The zero-order chi connectivity index (χ0) is 21.4. The van der Waals surface area contributed by atoms with Gasteiger partial charge in [-0.25, -0.2) is 0 Å². The molecule has 0 bridgehead atoms. The number of carbonyl (C=O) groups excluding carboxylic acids is 1. The second-order valence-corrected chi connectivity index (χ2v) is 8.89. The van der Waals surface area contributed by atoms with Crippen LogP contribution in [0.4, 0.5) is 0 Å². The van der Waals surface area contributed by atoms with Crippen molar-refractivity contribution in [3.05, 3.63) is 77.2 Å². The molecule has 160 valence electrons. The third-order valence-corrected chi connectivity index (χ3v) is 6.65. The SMILES string of the molecule is Cc1cc(C(=O)CSc2nnc(C3CC3)n2Cc2ccco2)c(C)n1Cc1ccco1. The quantitative estimate of drug-likeness (QED) is 0.276. The summed E-state index contributed by atoms with van der Waals surface area (Å²) in [6.45, 7) is 5.20. The number of aryl methyl sites for hydroxylation is 1. The first-order valence-electron chi connectivity index (χ1n) is 10.4. The molecule has 5 rings (SSSR count). The summed E-state index contributed by atoms with van der Waals surface area (Å²) in [4.78, 5) is 13.1. The van der Waals surface area contributed by atoms with Gasteiger partial charge in [-0.1, -0.05) is 11.8 Å². The molecule has 0 aromatic carbocycles. The van der Waals surface area contributed by atoms with Gasteiger partial charge >= 0.3 is 0 Å². The lowest BCUT2D eigenvalue weighted by Crippen LogP contribution is -2.09. The Bertz CT molecular complexity index is 1180. The molecule has 0 amide bonds. The average Bonchev–Trinajstić information content (AvgIpc) is 3.14. The van der Waals surface area contributed by atoms with Gasteiger partial charge in [-0.05, 0) is 57.0 Å². The van der Waals surface area contributed by atoms with E-state index < -0.39 is 0 Å². The highest BCUT2D eigenvalue weighted by atomic mass is 32.2.